The van der Waals surface area contributed by atoms with Crippen LogP contribution in [0.25, 0.3) is 0 Å². The minimum absolute atomic E-state index is 0.0885. The molecule has 1 heterocycles. The Morgan fingerprint density at radius 2 is 1.95 bits per heavy atom. The highest BCUT2D eigenvalue weighted by atomic mass is 35.5. The molecule has 1 atom stereocenters. The molecule has 2 aromatic carbocycles. The van der Waals surface area contributed by atoms with Crippen molar-refractivity contribution in [2.75, 3.05) is 0 Å². The van der Waals surface area contributed by atoms with Crippen LogP contribution in [0, 0.1) is 0 Å². The van der Waals surface area contributed by atoms with Crippen LogP contribution in [0.2, 0.25) is 10.0 Å². The Morgan fingerprint density at radius 3 is 2.70 bits per heavy atom. The van der Waals surface area contributed by atoms with Crippen LogP contribution in [0.3, 0.4) is 0 Å². The minimum Gasteiger partial charge on any atom is -0.507 e. The fourth-order valence-corrected chi connectivity index (χ4v) is 3.56. The fraction of sp³-hybridized carbons (Fsp3) is 0.0714. The van der Waals surface area contributed by atoms with E-state index in [1.165, 1.54) is 11.8 Å². The summed E-state index contributed by atoms with van der Waals surface area (Å²) in [5.41, 5.74) is 4.64. The first kappa shape index (κ1) is 13.6. The third-order valence-corrected chi connectivity index (χ3v) is 4.58. The fourth-order valence-electron chi connectivity index (χ4n) is 1.91. The van der Waals surface area contributed by atoms with Crippen LogP contribution in [0.5, 0.6) is 5.75 Å². The first-order valence-electron chi connectivity index (χ1n) is 5.88. The first-order chi connectivity index (χ1) is 9.65. The molecular formula is C14H10Cl2N2OS. The monoisotopic (exact) mass is 324 g/mol. The smallest absolute Gasteiger partial charge is 0.129 e. The SMILES string of the molecule is Oc1ccccc1C1=NNC(c2ccc(Cl)cc2Cl)S1. The van der Waals surface area contributed by atoms with Crippen LogP contribution in [0.1, 0.15) is 16.5 Å². The zero-order valence-electron chi connectivity index (χ0n) is 10.2. The maximum Gasteiger partial charge on any atom is 0.129 e. The molecule has 0 saturated carbocycles. The zero-order valence-corrected chi connectivity index (χ0v) is 12.5. The second kappa shape index (κ2) is 5.56. The van der Waals surface area contributed by atoms with Gasteiger partial charge in [0.25, 0.3) is 0 Å². The maximum absolute atomic E-state index is 9.85. The third-order valence-electron chi connectivity index (χ3n) is 2.89. The predicted molar refractivity (Wildman–Crippen MR) is 84.6 cm³/mol. The summed E-state index contributed by atoms with van der Waals surface area (Å²) in [7, 11) is 0. The van der Waals surface area contributed by atoms with Gasteiger partial charge < -0.3 is 5.11 Å². The van der Waals surface area contributed by atoms with Gasteiger partial charge in [0.05, 0.1) is 5.56 Å². The molecule has 2 aromatic rings. The molecule has 0 aliphatic carbocycles. The Bertz CT molecular complexity index is 691. The number of rotatable bonds is 2. The standard InChI is InChI=1S/C14H10Cl2N2OS/c15-8-5-6-9(11(16)7-8)13-17-18-14(20-13)10-3-1-2-4-12(10)19/h1-7,13,17,19H. The maximum atomic E-state index is 9.85. The van der Waals surface area contributed by atoms with E-state index in [1.807, 2.05) is 18.2 Å². The molecule has 0 aromatic heterocycles. The van der Waals surface area contributed by atoms with Gasteiger partial charge in [-0.15, -0.1) is 0 Å². The van der Waals surface area contributed by atoms with Crippen LogP contribution < -0.4 is 5.43 Å². The number of benzene rings is 2. The third kappa shape index (κ3) is 2.59. The van der Waals surface area contributed by atoms with Gasteiger partial charge in [-0.25, -0.2) is 0 Å². The predicted octanol–water partition coefficient (Wildman–Crippen LogP) is 4.40. The Hall–Kier alpha value is -1.36. The van der Waals surface area contributed by atoms with Crippen molar-refractivity contribution in [3.8, 4) is 5.75 Å². The molecule has 0 fully saturated rings. The van der Waals surface area contributed by atoms with E-state index in [4.69, 9.17) is 23.2 Å². The van der Waals surface area contributed by atoms with Crippen LogP contribution in [0.15, 0.2) is 47.6 Å². The van der Waals surface area contributed by atoms with Gasteiger partial charge in [-0.3, -0.25) is 5.43 Å². The highest BCUT2D eigenvalue weighted by molar-refractivity contribution is 8.14. The summed E-state index contributed by atoms with van der Waals surface area (Å²) in [6.45, 7) is 0. The van der Waals surface area contributed by atoms with E-state index in [9.17, 15) is 5.11 Å². The number of hydrogen-bond acceptors (Lipinski definition) is 4. The molecule has 1 aliphatic heterocycles. The molecule has 1 unspecified atom stereocenters. The number of hydrogen-bond donors (Lipinski definition) is 2. The van der Waals surface area contributed by atoms with Crippen LogP contribution >= 0.6 is 35.0 Å². The second-order valence-electron chi connectivity index (χ2n) is 4.23. The normalized spacial score (nSPS) is 17.7. The van der Waals surface area contributed by atoms with Crippen LogP contribution in [-0.2, 0) is 0 Å². The summed E-state index contributed by atoms with van der Waals surface area (Å²) >= 11 is 13.6. The van der Waals surface area contributed by atoms with E-state index in [1.54, 1.807) is 24.3 Å². The van der Waals surface area contributed by atoms with E-state index in [-0.39, 0.29) is 11.1 Å². The molecule has 0 radical (unpaired) electrons. The largest absolute Gasteiger partial charge is 0.507 e. The quantitative estimate of drug-likeness (QED) is 0.860. The van der Waals surface area contributed by atoms with E-state index in [2.05, 4.69) is 10.5 Å². The number of nitrogens with one attached hydrogen (secondary N) is 1. The summed E-state index contributed by atoms with van der Waals surface area (Å²) in [6.07, 6.45) is 0. The number of hydrazone groups is 1. The van der Waals surface area contributed by atoms with Crippen LogP contribution in [-0.4, -0.2) is 10.2 Å². The van der Waals surface area contributed by atoms with Gasteiger partial charge in [0.2, 0.25) is 0 Å². The average molecular weight is 325 g/mol. The lowest BCUT2D eigenvalue weighted by Crippen LogP contribution is -2.07. The Balaban J connectivity index is 1.84. The van der Waals surface area contributed by atoms with Crippen molar-refractivity contribution >= 4 is 40.0 Å². The summed E-state index contributed by atoms with van der Waals surface area (Å²) in [5, 5.41) is 16.0. The lowest BCUT2D eigenvalue weighted by atomic mass is 10.2. The van der Waals surface area contributed by atoms with Crippen LogP contribution in [0.4, 0.5) is 0 Å². The molecule has 6 heteroatoms. The van der Waals surface area contributed by atoms with Crippen molar-refractivity contribution in [2.45, 2.75) is 5.37 Å². The van der Waals surface area contributed by atoms with Gasteiger partial charge in [-0.2, -0.15) is 5.10 Å². The molecule has 0 spiro atoms. The Morgan fingerprint density at radius 1 is 1.15 bits per heavy atom. The molecule has 20 heavy (non-hydrogen) atoms. The molecule has 3 rings (SSSR count). The number of para-hydroxylation sites is 1. The summed E-state index contributed by atoms with van der Waals surface area (Å²) in [4.78, 5) is 0. The first-order valence-corrected chi connectivity index (χ1v) is 7.52. The number of halogens is 2. The molecule has 1 aliphatic rings. The van der Waals surface area contributed by atoms with Crippen molar-refractivity contribution in [3.05, 3.63) is 63.6 Å². The molecular weight excluding hydrogens is 315 g/mol. The van der Waals surface area contributed by atoms with Crippen molar-refractivity contribution in [1.82, 2.24) is 5.43 Å². The topological polar surface area (TPSA) is 44.6 Å². The Labute approximate surface area is 130 Å². The lowest BCUT2D eigenvalue weighted by molar-refractivity contribution is 0.474. The Kier molecular flexibility index (Phi) is 3.78. The van der Waals surface area contributed by atoms with Gasteiger partial charge in [0, 0.05) is 15.6 Å². The molecule has 0 amide bonds. The molecule has 2 N–H and O–H groups in total. The van der Waals surface area contributed by atoms with Gasteiger partial charge in [0.15, 0.2) is 0 Å². The molecule has 0 saturated heterocycles. The number of phenols is 1. The van der Waals surface area contributed by atoms with Gasteiger partial charge in [-0.1, -0.05) is 53.2 Å². The van der Waals surface area contributed by atoms with Crippen molar-refractivity contribution in [1.29, 1.82) is 0 Å². The highest BCUT2D eigenvalue weighted by Crippen LogP contribution is 2.39. The van der Waals surface area contributed by atoms with E-state index >= 15 is 0 Å². The minimum atomic E-state index is -0.0885. The van der Waals surface area contributed by atoms with Crippen molar-refractivity contribution in [3.63, 3.8) is 0 Å². The number of nitrogens with zero attached hydrogens (tertiary/aromatic N) is 1. The zero-order chi connectivity index (χ0) is 14.1. The second-order valence-corrected chi connectivity index (χ2v) is 6.16. The number of aromatic hydroxyl groups is 1. The highest BCUT2D eigenvalue weighted by Gasteiger charge is 2.25. The van der Waals surface area contributed by atoms with Gasteiger partial charge >= 0.3 is 0 Å². The van der Waals surface area contributed by atoms with Crippen molar-refractivity contribution < 1.29 is 5.11 Å². The summed E-state index contributed by atoms with van der Waals surface area (Å²) in [5.74, 6) is 0.211. The van der Waals surface area contributed by atoms with Gasteiger partial charge in [-0.05, 0) is 24.3 Å². The number of thioether (sulfide) groups is 1. The molecule has 0 bridgehead atoms. The molecule has 3 nitrogen and oxygen atoms in total. The van der Waals surface area contributed by atoms with Gasteiger partial charge in [0.1, 0.15) is 16.2 Å². The van der Waals surface area contributed by atoms with E-state index < -0.39 is 0 Å². The van der Waals surface area contributed by atoms with Crippen molar-refractivity contribution in [2.24, 2.45) is 5.10 Å². The van der Waals surface area contributed by atoms with E-state index in [0.717, 1.165) is 10.6 Å². The average Bonchev–Trinajstić information content (AvgIpc) is 2.88. The summed E-state index contributed by atoms with van der Waals surface area (Å²) in [6, 6.07) is 12.5. The van der Waals surface area contributed by atoms with E-state index in [0.29, 0.717) is 15.6 Å². The molecule has 102 valence electrons. The summed E-state index contributed by atoms with van der Waals surface area (Å²) < 4.78 is 0. The number of phenolic OH excluding ortho intramolecular Hbond substituents is 1. The lowest BCUT2D eigenvalue weighted by Gasteiger charge is -2.11.